The van der Waals surface area contributed by atoms with Gasteiger partial charge in [-0.25, -0.2) is 4.98 Å². The van der Waals surface area contributed by atoms with Crippen LogP contribution < -0.4 is 5.32 Å². The summed E-state index contributed by atoms with van der Waals surface area (Å²) in [7, 11) is 0. The molecule has 4 rings (SSSR count). The van der Waals surface area contributed by atoms with Gasteiger partial charge in [-0.05, 0) is 38.0 Å². The molecule has 1 amide bonds. The third-order valence-corrected chi connectivity index (χ3v) is 5.50. The maximum atomic E-state index is 12.3. The van der Waals surface area contributed by atoms with Crippen LogP contribution in [-0.4, -0.2) is 26.3 Å². The molecule has 0 spiro atoms. The third-order valence-electron chi connectivity index (χ3n) is 3.59. The number of hydrogen-bond donors (Lipinski definition) is 1. The molecule has 1 fully saturated rings. The first-order valence-corrected chi connectivity index (χ1v) is 9.09. The van der Waals surface area contributed by atoms with Crippen molar-refractivity contribution in [2.45, 2.75) is 35.3 Å². The van der Waals surface area contributed by atoms with Crippen LogP contribution in [0.3, 0.4) is 0 Å². The van der Waals surface area contributed by atoms with E-state index in [1.165, 1.54) is 23.1 Å². The number of aromatic nitrogens is 3. The fourth-order valence-corrected chi connectivity index (χ4v) is 3.82. The zero-order valence-electron chi connectivity index (χ0n) is 12.4. The molecule has 118 valence electrons. The molecule has 1 atom stereocenters. The molecule has 1 aromatic carbocycles. The van der Waals surface area contributed by atoms with Gasteiger partial charge in [-0.15, -0.1) is 10.2 Å². The summed E-state index contributed by atoms with van der Waals surface area (Å²) >= 11 is 2.82. The summed E-state index contributed by atoms with van der Waals surface area (Å²) in [6.45, 7) is 1.85. The van der Waals surface area contributed by atoms with Crippen LogP contribution in [0.15, 0.2) is 32.5 Å². The Bertz CT molecular complexity index is 842. The van der Waals surface area contributed by atoms with E-state index in [4.69, 9.17) is 4.42 Å². The van der Waals surface area contributed by atoms with Crippen molar-refractivity contribution in [1.82, 2.24) is 15.2 Å². The SMILES string of the molecule is C[C@H](Sc1nncs1)C(=O)Nc1ccc2oc(C3CC3)nc2c1. The summed E-state index contributed by atoms with van der Waals surface area (Å²) in [4.78, 5) is 16.8. The van der Waals surface area contributed by atoms with E-state index in [9.17, 15) is 4.79 Å². The second-order valence-corrected chi connectivity index (χ2v) is 7.88. The number of amides is 1. The molecule has 3 aromatic rings. The zero-order chi connectivity index (χ0) is 15.8. The van der Waals surface area contributed by atoms with Crippen LogP contribution in [0.25, 0.3) is 11.1 Å². The molecule has 1 N–H and O–H groups in total. The second kappa shape index (κ2) is 5.93. The van der Waals surface area contributed by atoms with Crippen molar-refractivity contribution in [3.05, 3.63) is 29.6 Å². The van der Waals surface area contributed by atoms with Crippen molar-refractivity contribution >= 4 is 45.8 Å². The highest BCUT2D eigenvalue weighted by molar-refractivity contribution is 8.02. The number of nitrogens with zero attached hydrogens (tertiary/aromatic N) is 3. The van der Waals surface area contributed by atoms with Crippen LogP contribution in [0.4, 0.5) is 5.69 Å². The highest BCUT2D eigenvalue weighted by Crippen LogP contribution is 2.40. The third kappa shape index (κ3) is 3.23. The largest absolute Gasteiger partial charge is 0.440 e. The number of carbonyl (C=O) groups is 1. The molecule has 2 aromatic heterocycles. The van der Waals surface area contributed by atoms with E-state index in [-0.39, 0.29) is 11.2 Å². The fraction of sp³-hybridized carbons (Fsp3) is 0.333. The lowest BCUT2D eigenvalue weighted by atomic mass is 10.3. The molecule has 1 aliphatic carbocycles. The van der Waals surface area contributed by atoms with Crippen molar-refractivity contribution < 1.29 is 9.21 Å². The van der Waals surface area contributed by atoms with E-state index >= 15 is 0 Å². The minimum atomic E-state index is -0.252. The lowest BCUT2D eigenvalue weighted by molar-refractivity contribution is -0.115. The standard InChI is InChI=1S/C15H14N4O2S2/c1-8(23-15-19-16-7-22-15)13(20)17-10-4-5-12-11(6-10)18-14(21-12)9-2-3-9/h4-9H,2-3H2,1H3,(H,17,20)/t8-/m0/s1. The number of carbonyl (C=O) groups excluding carboxylic acids is 1. The first-order chi connectivity index (χ1) is 11.2. The molecule has 1 saturated carbocycles. The van der Waals surface area contributed by atoms with Crippen LogP contribution >= 0.6 is 23.1 Å². The van der Waals surface area contributed by atoms with E-state index < -0.39 is 0 Å². The van der Waals surface area contributed by atoms with Gasteiger partial charge in [-0.2, -0.15) is 0 Å². The fourth-order valence-electron chi connectivity index (χ4n) is 2.19. The Balaban J connectivity index is 1.46. The molecular weight excluding hydrogens is 332 g/mol. The number of benzene rings is 1. The van der Waals surface area contributed by atoms with Gasteiger partial charge in [0.05, 0.1) is 5.25 Å². The van der Waals surface area contributed by atoms with E-state index in [0.29, 0.717) is 5.92 Å². The first kappa shape index (κ1) is 14.6. The van der Waals surface area contributed by atoms with E-state index in [1.54, 1.807) is 5.51 Å². The Morgan fingerprint density at radius 2 is 2.35 bits per heavy atom. The Morgan fingerprint density at radius 3 is 3.09 bits per heavy atom. The van der Waals surface area contributed by atoms with E-state index in [1.807, 2.05) is 25.1 Å². The predicted octanol–water partition coefficient (Wildman–Crippen LogP) is 3.68. The highest BCUT2D eigenvalue weighted by Gasteiger charge is 2.29. The van der Waals surface area contributed by atoms with Crippen molar-refractivity contribution in [3.63, 3.8) is 0 Å². The quantitative estimate of drug-likeness (QED) is 0.710. The number of rotatable bonds is 5. The minimum Gasteiger partial charge on any atom is -0.440 e. The normalized spacial score (nSPS) is 15.7. The van der Waals surface area contributed by atoms with Gasteiger partial charge in [0.15, 0.2) is 15.8 Å². The predicted molar refractivity (Wildman–Crippen MR) is 89.8 cm³/mol. The van der Waals surface area contributed by atoms with Crippen LogP contribution in [0.5, 0.6) is 0 Å². The number of nitrogens with one attached hydrogen (secondary N) is 1. The summed E-state index contributed by atoms with van der Waals surface area (Å²) in [5, 5.41) is 10.4. The van der Waals surface area contributed by atoms with Crippen molar-refractivity contribution in [1.29, 1.82) is 0 Å². The molecule has 0 saturated heterocycles. The maximum absolute atomic E-state index is 12.3. The van der Waals surface area contributed by atoms with Gasteiger partial charge in [-0.1, -0.05) is 23.1 Å². The average molecular weight is 346 g/mol. The van der Waals surface area contributed by atoms with Crippen LogP contribution in [0, 0.1) is 0 Å². The van der Waals surface area contributed by atoms with Crippen molar-refractivity contribution in [3.8, 4) is 0 Å². The molecular formula is C15H14N4O2S2. The Kier molecular flexibility index (Phi) is 3.78. The molecule has 0 unspecified atom stereocenters. The molecule has 1 aliphatic rings. The average Bonchev–Trinajstić information content (AvgIpc) is 3.10. The van der Waals surface area contributed by atoms with Gasteiger partial charge < -0.3 is 9.73 Å². The van der Waals surface area contributed by atoms with Gasteiger partial charge >= 0.3 is 0 Å². The first-order valence-electron chi connectivity index (χ1n) is 7.33. The second-order valence-electron chi connectivity index (χ2n) is 5.46. The molecule has 0 radical (unpaired) electrons. The van der Waals surface area contributed by atoms with Gasteiger partial charge in [0, 0.05) is 11.6 Å². The van der Waals surface area contributed by atoms with Gasteiger partial charge in [0.2, 0.25) is 5.91 Å². The molecule has 23 heavy (non-hydrogen) atoms. The number of oxazole rings is 1. The summed E-state index contributed by atoms with van der Waals surface area (Å²) in [5.41, 5.74) is 3.93. The van der Waals surface area contributed by atoms with Crippen molar-refractivity contribution in [2.75, 3.05) is 5.32 Å². The van der Waals surface area contributed by atoms with Crippen molar-refractivity contribution in [2.24, 2.45) is 0 Å². The van der Waals surface area contributed by atoms with Gasteiger partial charge in [0.1, 0.15) is 11.0 Å². The highest BCUT2D eigenvalue weighted by atomic mass is 32.2. The van der Waals surface area contributed by atoms with Gasteiger partial charge in [-0.3, -0.25) is 4.79 Å². The molecule has 2 heterocycles. The zero-order valence-corrected chi connectivity index (χ0v) is 14.0. The lowest BCUT2D eigenvalue weighted by Crippen LogP contribution is -2.22. The summed E-state index contributed by atoms with van der Waals surface area (Å²) in [5.74, 6) is 1.21. The number of anilines is 1. The monoisotopic (exact) mass is 346 g/mol. The number of fused-ring (bicyclic) bond motifs is 1. The van der Waals surface area contributed by atoms with Gasteiger partial charge in [0.25, 0.3) is 0 Å². The number of hydrogen-bond acceptors (Lipinski definition) is 7. The topological polar surface area (TPSA) is 80.9 Å². The minimum absolute atomic E-state index is 0.0736. The smallest absolute Gasteiger partial charge is 0.237 e. The Hall–Kier alpha value is -1.93. The van der Waals surface area contributed by atoms with E-state index in [0.717, 1.165) is 39.9 Å². The Labute approximate surface area is 140 Å². The molecule has 6 nitrogen and oxygen atoms in total. The summed E-state index contributed by atoms with van der Waals surface area (Å²) in [6, 6.07) is 5.54. The van der Waals surface area contributed by atoms with Crippen LogP contribution in [-0.2, 0) is 4.79 Å². The lowest BCUT2D eigenvalue weighted by Gasteiger charge is -2.10. The Morgan fingerprint density at radius 1 is 1.48 bits per heavy atom. The van der Waals surface area contributed by atoms with E-state index in [2.05, 4.69) is 20.5 Å². The molecule has 0 bridgehead atoms. The summed E-state index contributed by atoms with van der Waals surface area (Å²) < 4.78 is 6.51. The summed E-state index contributed by atoms with van der Waals surface area (Å²) in [6.07, 6.45) is 2.30. The molecule has 8 heteroatoms. The maximum Gasteiger partial charge on any atom is 0.237 e. The number of thioether (sulfide) groups is 1. The molecule has 0 aliphatic heterocycles. The van der Waals surface area contributed by atoms with Crippen LogP contribution in [0.2, 0.25) is 0 Å². The van der Waals surface area contributed by atoms with Crippen LogP contribution in [0.1, 0.15) is 31.6 Å².